The summed E-state index contributed by atoms with van der Waals surface area (Å²) in [6, 6.07) is 14.7. The number of nitrogen functional groups attached to an aromatic ring is 1. The van der Waals surface area contributed by atoms with Crippen LogP contribution >= 0.6 is 7.75 Å². The van der Waals surface area contributed by atoms with Crippen molar-refractivity contribution in [2.45, 2.75) is 88.9 Å². The number of nitrogens with zero attached hydrogens (tertiary/aromatic N) is 4. The van der Waals surface area contributed by atoms with Crippen molar-refractivity contribution in [3.8, 4) is 5.75 Å². The van der Waals surface area contributed by atoms with Gasteiger partial charge >= 0.3 is 25.7 Å². The summed E-state index contributed by atoms with van der Waals surface area (Å²) < 4.78 is 52.5. The van der Waals surface area contributed by atoms with E-state index in [-0.39, 0.29) is 17.7 Å². The van der Waals surface area contributed by atoms with E-state index in [0.717, 1.165) is 37.5 Å². The topological polar surface area (TPSA) is 204 Å². The molecular weight excluding hydrogens is 707 g/mol. The molecule has 4 aromatic rings. The Hall–Kier alpha value is -4.89. The summed E-state index contributed by atoms with van der Waals surface area (Å²) >= 11 is 0. The van der Waals surface area contributed by atoms with Crippen molar-refractivity contribution in [1.82, 2.24) is 19.7 Å². The Labute approximate surface area is 305 Å². The number of hydrogen-bond donors (Lipinski definition) is 2. The monoisotopic (exact) mass is 750 g/mol. The fourth-order valence-electron chi connectivity index (χ4n) is 6.84. The first-order valence-electron chi connectivity index (χ1n) is 17.4. The number of anilines is 1. The first kappa shape index (κ1) is 37.9. The van der Waals surface area contributed by atoms with Gasteiger partial charge in [-0.1, -0.05) is 42.8 Å². The highest BCUT2D eigenvalue weighted by atomic mass is 31.2. The van der Waals surface area contributed by atoms with Crippen LogP contribution in [0.15, 0.2) is 65.9 Å². The largest absolute Gasteiger partial charge is 0.461 e. The molecule has 1 unspecified atom stereocenters. The maximum absolute atomic E-state index is 14.8. The Balaban J connectivity index is 1.36. The fraction of sp³-hybridized carbons (Fsp3) is 0.444. The Morgan fingerprint density at radius 2 is 1.79 bits per heavy atom. The van der Waals surface area contributed by atoms with Crippen molar-refractivity contribution in [2.75, 3.05) is 19.4 Å². The van der Waals surface area contributed by atoms with Gasteiger partial charge in [0.05, 0.1) is 12.3 Å². The van der Waals surface area contributed by atoms with Crippen LogP contribution in [0.1, 0.15) is 58.6 Å². The van der Waals surface area contributed by atoms with Gasteiger partial charge in [0.2, 0.25) is 0 Å². The molecule has 3 N–H and O–H groups in total. The molecule has 2 aromatic heterocycles. The van der Waals surface area contributed by atoms with E-state index in [1.54, 1.807) is 30.3 Å². The second-order valence-corrected chi connectivity index (χ2v) is 14.7. The standard InChI is InChI=1S/C36H43N6O10P/c1-22(35(45)50-26-13-6-5-7-14-26)41-53(46,52-29-16-10-12-25-11-8-9-15-27(25)29)47-19-30-32(48-23(2)43)33(49-24(3)44)36(51-30,20-38-4)31-18-17-28-34(37)39-21-40-42(28)31/h8-12,15-18,20-22,26,30,32-33H,5-7,13-14,19H2,1-4H3,(H,41,46)(H2,37,39,40)/b38-20+/t22-,30+,32+,33+,36-,53?/m0/s1. The zero-order valence-corrected chi connectivity index (χ0v) is 30.8. The van der Waals surface area contributed by atoms with Crippen molar-refractivity contribution in [2.24, 2.45) is 4.99 Å². The number of carbonyl (C=O) groups is 3. The quantitative estimate of drug-likeness (QED) is 0.0825. The summed E-state index contributed by atoms with van der Waals surface area (Å²) in [7, 11) is -3.00. The Morgan fingerprint density at radius 3 is 2.53 bits per heavy atom. The summed E-state index contributed by atoms with van der Waals surface area (Å²) in [6.45, 7) is 3.34. The van der Waals surface area contributed by atoms with Gasteiger partial charge in [-0.3, -0.25) is 23.9 Å². The first-order valence-corrected chi connectivity index (χ1v) is 18.9. The molecule has 6 rings (SSSR count). The average molecular weight is 751 g/mol. The van der Waals surface area contributed by atoms with Gasteiger partial charge < -0.3 is 29.2 Å². The zero-order valence-electron chi connectivity index (χ0n) is 29.9. The molecule has 0 bridgehead atoms. The van der Waals surface area contributed by atoms with Gasteiger partial charge in [-0.15, -0.1) is 0 Å². The van der Waals surface area contributed by atoms with Crippen molar-refractivity contribution in [3.05, 3.63) is 66.6 Å². The maximum Gasteiger partial charge on any atom is 0.459 e. The number of hydrogen-bond acceptors (Lipinski definition) is 14. The van der Waals surface area contributed by atoms with E-state index in [1.807, 2.05) is 24.3 Å². The lowest BCUT2D eigenvalue weighted by Crippen LogP contribution is -2.47. The number of nitrogens with two attached hydrogens (primary N) is 1. The molecule has 17 heteroatoms. The summed E-state index contributed by atoms with van der Waals surface area (Å²) in [4.78, 5) is 46.7. The highest BCUT2D eigenvalue weighted by molar-refractivity contribution is 7.52. The molecule has 6 atom stereocenters. The number of ether oxygens (including phenoxy) is 4. The van der Waals surface area contributed by atoms with Crippen LogP contribution in [0.25, 0.3) is 16.3 Å². The normalized spacial score (nSPS) is 23.8. The average Bonchev–Trinajstić information content (AvgIpc) is 3.68. The third kappa shape index (κ3) is 8.20. The van der Waals surface area contributed by atoms with Gasteiger partial charge in [-0.2, -0.15) is 10.2 Å². The third-order valence-corrected chi connectivity index (χ3v) is 10.8. The number of carbonyl (C=O) groups excluding carboxylic acids is 3. The molecule has 0 radical (unpaired) electrons. The van der Waals surface area contributed by atoms with E-state index < -0.39 is 62.2 Å². The summed E-state index contributed by atoms with van der Waals surface area (Å²) in [5.74, 6) is -1.66. The minimum atomic E-state index is -4.49. The van der Waals surface area contributed by atoms with Crippen LogP contribution in [0.4, 0.5) is 5.82 Å². The molecule has 0 spiro atoms. The molecule has 1 saturated carbocycles. The van der Waals surface area contributed by atoms with E-state index in [0.29, 0.717) is 16.6 Å². The smallest absolute Gasteiger partial charge is 0.459 e. The van der Waals surface area contributed by atoms with Crippen LogP contribution in [0.2, 0.25) is 0 Å². The second kappa shape index (κ2) is 16.0. The minimum absolute atomic E-state index is 0.169. The van der Waals surface area contributed by atoms with E-state index in [9.17, 15) is 18.9 Å². The molecule has 2 aromatic carbocycles. The number of rotatable bonds is 13. The van der Waals surface area contributed by atoms with Gasteiger partial charge in [-0.05, 0) is 56.2 Å². The van der Waals surface area contributed by atoms with Crippen LogP contribution < -0.4 is 15.3 Å². The highest BCUT2D eigenvalue weighted by Gasteiger charge is 2.61. The van der Waals surface area contributed by atoms with E-state index >= 15 is 0 Å². The number of nitrogens with one attached hydrogen (secondary N) is 1. The Bertz CT molecular complexity index is 2050. The molecule has 2 aliphatic rings. The van der Waals surface area contributed by atoms with Crippen LogP contribution in [0.5, 0.6) is 5.75 Å². The summed E-state index contributed by atoms with van der Waals surface area (Å²) in [5.41, 5.74) is 5.13. The predicted octanol–water partition coefficient (Wildman–Crippen LogP) is 4.68. The molecule has 0 amide bonds. The van der Waals surface area contributed by atoms with E-state index in [2.05, 4.69) is 20.2 Å². The SMILES string of the molecule is C/N=C/[C@@]1(c2ccc3c(N)ncnn23)O[C@H](COP(=O)(N[C@@H](C)C(=O)OC2CCCCC2)Oc2cccc3ccccc23)[C@@H](OC(C)=O)[C@H]1OC(C)=O. The van der Waals surface area contributed by atoms with Crippen molar-refractivity contribution in [1.29, 1.82) is 0 Å². The highest BCUT2D eigenvalue weighted by Crippen LogP contribution is 2.49. The fourth-order valence-corrected chi connectivity index (χ4v) is 8.36. The summed E-state index contributed by atoms with van der Waals surface area (Å²) in [6.07, 6.45) is 2.96. The molecular formula is C36H43N6O10P. The van der Waals surface area contributed by atoms with Gasteiger partial charge in [-0.25, -0.2) is 14.1 Å². The molecule has 1 aliphatic carbocycles. The molecule has 16 nitrogen and oxygen atoms in total. The van der Waals surface area contributed by atoms with Crippen molar-refractivity contribution < 1.29 is 46.9 Å². The number of aromatic nitrogens is 3. The lowest BCUT2D eigenvalue weighted by molar-refractivity contribution is -0.165. The Morgan fingerprint density at radius 1 is 1.06 bits per heavy atom. The van der Waals surface area contributed by atoms with Crippen LogP contribution in [0, 0.1) is 0 Å². The van der Waals surface area contributed by atoms with E-state index in [1.165, 1.54) is 44.9 Å². The number of aliphatic imine (C=N–C) groups is 1. The van der Waals surface area contributed by atoms with Crippen molar-refractivity contribution in [3.63, 3.8) is 0 Å². The molecule has 2 fully saturated rings. The zero-order chi connectivity index (χ0) is 37.8. The number of fused-ring (bicyclic) bond motifs is 2. The minimum Gasteiger partial charge on any atom is -0.461 e. The lowest BCUT2D eigenvalue weighted by Gasteiger charge is -2.30. The predicted molar refractivity (Wildman–Crippen MR) is 193 cm³/mol. The molecule has 53 heavy (non-hydrogen) atoms. The molecule has 1 saturated heterocycles. The van der Waals surface area contributed by atoms with Crippen molar-refractivity contribution >= 4 is 54.0 Å². The third-order valence-electron chi connectivity index (χ3n) is 9.15. The second-order valence-electron chi connectivity index (χ2n) is 13.0. The molecule has 1 aliphatic heterocycles. The number of benzene rings is 2. The van der Waals surface area contributed by atoms with Crippen LogP contribution in [-0.4, -0.2) is 82.8 Å². The van der Waals surface area contributed by atoms with Crippen LogP contribution in [0.3, 0.4) is 0 Å². The first-order chi connectivity index (χ1) is 25.4. The Kier molecular flexibility index (Phi) is 11.4. The van der Waals surface area contributed by atoms with Gasteiger partial charge in [0, 0.05) is 32.5 Å². The lowest BCUT2D eigenvalue weighted by atomic mass is 9.91. The molecule has 282 valence electrons. The van der Waals surface area contributed by atoms with Gasteiger partial charge in [0.25, 0.3) is 0 Å². The van der Waals surface area contributed by atoms with Gasteiger partial charge in [0.15, 0.2) is 23.6 Å². The van der Waals surface area contributed by atoms with Crippen LogP contribution in [-0.2, 0) is 48.0 Å². The summed E-state index contributed by atoms with van der Waals surface area (Å²) in [5, 5.41) is 8.54. The van der Waals surface area contributed by atoms with E-state index in [4.69, 9.17) is 33.7 Å². The van der Waals surface area contributed by atoms with Gasteiger partial charge in [0.1, 0.15) is 35.8 Å². The number of esters is 3. The molecule has 3 heterocycles. The maximum atomic E-state index is 14.8.